The Labute approximate surface area is 193 Å². The SMILES string of the molecule is O=C(Nc1cnn(Cc2cccc(Cl)c2)c1)c1ccn(COc2ccc(Cl)cc2Cl)n1. The molecule has 2 aromatic heterocycles. The summed E-state index contributed by atoms with van der Waals surface area (Å²) >= 11 is 18.0. The van der Waals surface area contributed by atoms with Gasteiger partial charge in [0, 0.05) is 22.4 Å². The molecule has 0 radical (unpaired) electrons. The first-order chi connectivity index (χ1) is 15.0. The van der Waals surface area contributed by atoms with Gasteiger partial charge >= 0.3 is 0 Å². The summed E-state index contributed by atoms with van der Waals surface area (Å²) in [5, 5.41) is 12.8. The van der Waals surface area contributed by atoms with Gasteiger partial charge in [-0.1, -0.05) is 46.9 Å². The Hall–Kier alpha value is -3.00. The van der Waals surface area contributed by atoms with Gasteiger partial charge in [0.15, 0.2) is 12.4 Å². The highest BCUT2D eigenvalue weighted by atomic mass is 35.5. The molecule has 0 fully saturated rings. The maximum atomic E-state index is 12.5. The molecule has 0 aliphatic rings. The lowest BCUT2D eigenvalue weighted by Gasteiger charge is -2.08. The van der Waals surface area contributed by atoms with Crippen LogP contribution in [-0.4, -0.2) is 25.5 Å². The lowest BCUT2D eigenvalue weighted by Crippen LogP contribution is -2.14. The van der Waals surface area contributed by atoms with Crippen LogP contribution in [0, 0.1) is 0 Å². The Morgan fingerprint density at radius 1 is 1.03 bits per heavy atom. The second-order valence-corrected chi connectivity index (χ2v) is 7.88. The van der Waals surface area contributed by atoms with Gasteiger partial charge in [-0.05, 0) is 42.0 Å². The number of nitrogens with one attached hydrogen (secondary N) is 1. The van der Waals surface area contributed by atoms with E-state index < -0.39 is 0 Å². The minimum atomic E-state index is -0.356. The molecule has 2 heterocycles. The fourth-order valence-electron chi connectivity index (χ4n) is 2.81. The standard InChI is InChI=1S/C21H16Cl3N5O2/c22-15-3-1-2-14(8-15)11-29-12-17(10-25-29)26-21(30)19-6-7-28(27-19)13-31-20-5-4-16(23)9-18(20)24/h1-10,12H,11,13H2,(H,26,30). The van der Waals surface area contributed by atoms with Crippen LogP contribution in [0.5, 0.6) is 5.75 Å². The van der Waals surface area contributed by atoms with Crippen LogP contribution in [0.1, 0.15) is 16.1 Å². The molecule has 7 nitrogen and oxygen atoms in total. The van der Waals surface area contributed by atoms with Crippen molar-refractivity contribution in [1.82, 2.24) is 19.6 Å². The summed E-state index contributed by atoms with van der Waals surface area (Å²) in [6, 6.07) is 14.1. The van der Waals surface area contributed by atoms with Gasteiger partial charge in [-0.3, -0.25) is 9.48 Å². The molecule has 4 rings (SSSR count). The second-order valence-electron chi connectivity index (χ2n) is 6.60. The van der Waals surface area contributed by atoms with E-state index in [4.69, 9.17) is 39.5 Å². The number of carbonyl (C=O) groups is 1. The van der Waals surface area contributed by atoms with Crippen molar-refractivity contribution in [3.8, 4) is 5.75 Å². The van der Waals surface area contributed by atoms with Crippen molar-refractivity contribution < 1.29 is 9.53 Å². The van der Waals surface area contributed by atoms with Crippen LogP contribution in [0.15, 0.2) is 67.1 Å². The predicted octanol–water partition coefficient (Wildman–Crippen LogP) is 5.38. The summed E-state index contributed by atoms with van der Waals surface area (Å²) in [5.41, 5.74) is 1.81. The van der Waals surface area contributed by atoms with Gasteiger partial charge in [-0.25, -0.2) is 4.68 Å². The molecule has 2 aromatic carbocycles. The molecule has 0 aliphatic carbocycles. The number of nitrogens with zero attached hydrogens (tertiary/aromatic N) is 4. The molecule has 0 atom stereocenters. The first-order valence-corrected chi connectivity index (χ1v) is 10.3. The Balaban J connectivity index is 1.34. The van der Waals surface area contributed by atoms with Crippen molar-refractivity contribution in [2.75, 3.05) is 5.32 Å². The van der Waals surface area contributed by atoms with Crippen molar-refractivity contribution >= 4 is 46.4 Å². The number of ether oxygens (including phenoxy) is 1. The molecule has 0 saturated carbocycles. The van der Waals surface area contributed by atoms with Crippen LogP contribution in [0.2, 0.25) is 15.1 Å². The third-order valence-electron chi connectivity index (χ3n) is 4.24. The molecule has 1 N–H and O–H groups in total. The normalized spacial score (nSPS) is 10.8. The molecule has 0 spiro atoms. The number of amides is 1. The van der Waals surface area contributed by atoms with Gasteiger partial charge in [-0.15, -0.1) is 0 Å². The zero-order valence-corrected chi connectivity index (χ0v) is 18.3. The average molecular weight is 477 g/mol. The number of rotatable bonds is 7. The highest BCUT2D eigenvalue weighted by Gasteiger charge is 2.12. The molecule has 0 aliphatic heterocycles. The number of aromatic nitrogens is 4. The van der Waals surface area contributed by atoms with Crippen LogP contribution in [-0.2, 0) is 13.3 Å². The average Bonchev–Trinajstić information content (AvgIpc) is 3.37. The van der Waals surface area contributed by atoms with Gasteiger partial charge < -0.3 is 10.1 Å². The molecule has 0 saturated heterocycles. The molecule has 10 heteroatoms. The fraction of sp³-hybridized carbons (Fsp3) is 0.0952. The summed E-state index contributed by atoms with van der Waals surface area (Å²) < 4.78 is 8.81. The van der Waals surface area contributed by atoms with Gasteiger partial charge in [0.1, 0.15) is 5.75 Å². The van der Waals surface area contributed by atoms with E-state index in [0.717, 1.165) is 5.56 Å². The zero-order chi connectivity index (χ0) is 21.8. The predicted molar refractivity (Wildman–Crippen MR) is 120 cm³/mol. The minimum Gasteiger partial charge on any atom is -0.470 e. The highest BCUT2D eigenvalue weighted by molar-refractivity contribution is 6.35. The van der Waals surface area contributed by atoms with Crippen LogP contribution >= 0.6 is 34.8 Å². The maximum Gasteiger partial charge on any atom is 0.276 e. The van der Waals surface area contributed by atoms with E-state index in [0.29, 0.717) is 33.0 Å². The first-order valence-electron chi connectivity index (χ1n) is 9.16. The van der Waals surface area contributed by atoms with E-state index in [-0.39, 0.29) is 18.3 Å². The van der Waals surface area contributed by atoms with Gasteiger partial charge in [-0.2, -0.15) is 10.2 Å². The minimum absolute atomic E-state index is 0.0895. The summed E-state index contributed by atoms with van der Waals surface area (Å²) in [5.74, 6) is 0.116. The van der Waals surface area contributed by atoms with Crippen molar-refractivity contribution in [3.05, 3.63) is 93.4 Å². The van der Waals surface area contributed by atoms with Gasteiger partial charge in [0.25, 0.3) is 5.91 Å². The van der Waals surface area contributed by atoms with E-state index in [1.54, 1.807) is 47.5 Å². The summed E-state index contributed by atoms with van der Waals surface area (Å²) in [4.78, 5) is 12.5. The molecule has 1 amide bonds. The van der Waals surface area contributed by atoms with E-state index in [1.807, 2.05) is 24.3 Å². The lowest BCUT2D eigenvalue weighted by atomic mass is 10.2. The summed E-state index contributed by atoms with van der Waals surface area (Å²) in [6.07, 6.45) is 4.95. The maximum absolute atomic E-state index is 12.5. The quantitative estimate of drug-likeness (QED) is 0.389. The second kappa shape index (κ2) is 9.43. The van der Waals surface area contributed by atoms with E-state index in [1.165, 1.54) is 4.68 Å². The molecule has 4 aromatic rings. The molecule has 31 heavy (non-hydrogen) atoms. The molecule has 0 unspecified atom stereocenters. The Morgan fingerprint density at radius 3 is 2.68 bits per heavy atom. The molecule has 0 bridgehead atoms. The monoisotopic (exact) mass is 475 g/mol. The molecular formula is C21H16Cl3N5O2. The first kappa shape index (κ1) is 21.2. The number of hydrogen-bond donors (Lipinski definition) is 1. The summed E-state index contributed by atoms with van der Waals surface area (Å²) in [6.45, 7) is 0.627. The van der Waals surface area contributed by atoms with Gasteiger partial charge in [0.05, 0.1) is 23.5 Å². The van der Waals surface area contributed by atoms with Crippen molar-refractivity contribution in [3.63, 3.8) is 0 Å². The number of hydrogen-bond acceptors (Lipinski definition) is 4. The van der Waals surface area contributed by atoms with Crippen molar-refractivity contribution in [2.45, 2.75) is 13.3 Å². The van der Waals surface area contributed by atoms with E-state index >= 15 is 0 Å². The van der Waals surface area contributed by atoms with Crippen LogP contribution in [0.25, 0.3) is 0 Å². The van der Waals surface area contributed by atoms with Crippen LogP contribution in [0.3, 0.4) is 0 Å². The van der Waals surface area contributed by atoms with E-state index in [2.05, 4.69) is 15.5 Å². The van der Waals surface area contributed by atoms with Crippen molar-refractivity contribution in [2.24, 2.45) is 0 Å². The number of carbonyl (C=O) groups excluding carboxylic acids is 1. The third kappa shape index (κ3) is 5.58. The Morgan fingerprint density at radius 2 is 1.87 bits per heavy atom. The number of benzene rings is 2. The zero-order valence-electron chi connectivity index (χ0n) is 16.0. The summed E-state index contributed by atoms with van der Waals surface area (Å²) in [7, 11) is 0. The smallest absolute Gasteiger partial charge is 0.276 e. The lowest BCUT2D eigenvalue weighted by molar-refractivity contribution is 0.102. The molecular weight excluding hydrogens is 461 g/mol. The largest absolute Gasteiger partial charge is 0.470 e. The topological polar surface area (TPSA) is 74.0 Å². The third-order valence-corrected chi connectivity index (χ3v) is 5.01. The van der Waals surface area contributed by atoms with Crippen LogP contribution < -0.4 is 10.1 Å². The van der Waals surface area contributed by atoms with Crippen molar-refractivity contribution in [1.29, 1.82) is 0 Å². The molecule has 158 valence electrons. The number of anilines is 1. The number of halogens is 3. The van der Waals surface area contributed by atoms with Crippen LogP contribution in [0.4, 0.5) is 5.69 Å². The Kier molecular flexibility index (Phi) is 6.46. The highest BCUT2D eigenvalue weighted by Crippen LogP contribution is 2.27. The van der Waals surface area contributed by atoms with Gasteiger partial charge in [0.2, 0.25) is 0 Å². The fourth-order valence-corrected chi connectivity index (χ4v) is 3.49. The Bertz CT molecular complexity index is 1220. The van der Waals surface area contributed by atoms with E-state index in [9.17, 15) is 4.79 Å².